The Kier molecular flexibility index (Phi) is 6.09. The van der Waals surface area contributed by atoms with Crippen molar-refractivity contribution in [2.75, 3.05) is 11.9 Å². The summed E-state index contributed by atoms with van der Waals surface area (Å²) in [5.41, 5.74) is 3.90. The van der Waals surface area contributed by atoms with Crippen LogP contribution >= 0.6 is 11.8 Å². The summed E-state index contributed by atoms with van der Waals surface area (Å²) in [6.45, 7) is 0.447. The number of aromatic amines is 1. The van der Waals surface area contributed by atoms with Crippen LogP contribution in [0.4, 0.5) is 23.7 Å². The van der Waals surface area contributed by atoms with Crippen molar-refractivity contribution < 1.29 is 18.0 Å². The Labute approximate surface area is 190 Å². The molecule has 3 heterocycles. The van der Waals surface area contributed by atoms with Crippen LogP contribution in [0.3, 0.4) is 0 Å². The van der Waals surface area contributed by atoms with Gasteiger partial charge in [-0.15, -0.1) is 0 Å². The second-order valence-electron chi connectivity index (χ2n) is 7.07. The van der Waals surface area contributed by atoms with Crippen LogP contribution in [0.25, 0.3) is 16.9 Å². The molecule has 4 rings (SSSR count). The molecule has 2 amide bonds. The van der Waals surface area contributed by atoms with Gasteiger partial charge in [-0.3, -0.25) is 9.81 Å². The Morgan fingerprint density at radius 2 is 2.09 bits per heavy atom. The van der Waals surface area contributed by atoms with Gasteiger partial charge in [-0.25, -0.2) is 14.8 Å². The van der Waals surface area contributed by atoms with E-state index in [1.54, 1.807) is 60.3 Å². The Bertz CT molecular complexity index is 1330. The minimum atomic E-state index is -4.49. The Morgan fingerprint density at radius 1 is 1.27 bits per heavy atom. The van der Waals surface area contributed by atoms with E-state index in [2.05, 4.69) is 20.3 Å². The lowest BCUT2D eigenvalue weighted by Crippen LogP contribution is -2.36. The van der Waals surface area contributed by atoms with Gasteiger partial charge in [-0.1, -0.05) is 12.1 Å². The van der Waals surface area contributed by atoms with Gasteiger partial charge in [0, 0.05) is 29.2 Å². The smallest absolute Gasteiger partial charge is 0.339 e. The van der Waals surface area contributed by atoms with E-state index in [0.717, 1.165) is 11.4 Å². The fourth-order valence-electron chi connectivity index (χ4n) is 3.05. The summed E-state index contributed by atoms with van der Waals surface area (Å²) in [6, 6.07) is 9.31. The molecule has 12 heteroatoms. The van der Waals surface area contributed by atoms with Gasteiger partial charge in [0.15, 0.2) is 5.16 Å². The molecule has 0 spiro atoms. The first-order chi connectivity index (χ1) is 15.7. The maximum Gasteiger partial charge on any atom is 0.405 e. The van der Waals surface area contributed by atoms with Crippen molar-refractivity contribution >= 4 is 34.2 Å². The van der Waals surface area contributed by atoms with Crippen LogP contribution in [0.5, 0.6) is 0 Å². The first kappa shape index (κ1) is 22.4. The van der Waals surface area contributed by atoms with Crippen LogP contribution in [0.1, 0.15) is 11.3 Å². The highest BCUT2D eigenvalue weighted by Crippen LogP contribution is 2.26. The average Bonchev–Trinajstić information content (AvgIpc) is 3.37. The summed E-state index contributed by atoms with van der Waals surface area (Å²) >= 11 is 1.21. The molecule has 8 nitrogen and oxygen atoms in total. The summed E-state index contributed by atoms with van der Waals surface area (Å²) in [5.74, 6) is 0. The van der Waals surface area contributed by atoms with E-state index in [9.17, 15) is 18.0 Å². The molecule has 4 N–H and O–H groups in total. The van der Waals surface area contributed by atoms with E-state index in [-0.39, 0.29) is 0 Å². The molecule has 33 heavy (non-hydrogen) atoms. The zero-order chi connectivity index (χ0) is 23.6. The fraction of sp³-hybridized carbons (Fsp3) is 0.143. The third-order valence-electron chi connectivity index (χ3n) is 4.52. The lowest BCUT2D eigenvalue weighted by atomic mass is 10.1. The number of aromatic nitrogens is 4. The number of rotatable bonds is 5. The molecule has 0 unspecified atom stereocenters. The Hall–Kier alpha value is -3.80. The highest BCUT2D eigenvalue weighted by atomic mass is 32.2. The molecule has 1 aromatic carbocycles. The van der Waals surface area contributed by atoms with Crippen molar-refractivity contribution in [3.05, 3.63) is 66.2 Å². The largest absolute Gasteiger partial charge is 0.405 e. The molecule has 170 valence electrons. The van der Waals surface area contributed by atoms with Crippen LogP contribution in [0.2, 0.25) is 0 Å². The molecule has 3 aromatic heterocycles. The highest BCUT2D eigenvalue weighted by Gasteiger charge is 2.27. The van der Waals surface area contributed by atoms with Crippen molar-refractivity contribution in [3.8, 4) is 11.3 Å². The quantitative estimate of drug-likeness (QED) is 0.189. The zero-order valence-corrected chi connectivity index (χ0v) is 18.0. The number of anilines is 1. The third kappa shape index (κ3) is 5.52. The summed E-state index contributed by atoms with van der Waals surface area (Å²) in [6.07, 6.45) is 0.711. The average molecular weight is 473 g/mol. The number of hydrogen-bond donors (Lipinski definition) is 4. The van der Waals surface area contributed by atoms with Crippen molar-refractivity contribution in [2.45, 2.75) is 18.3 Å². The van der Waals surface area contributed by atoms with Gasteiger partial charge in [-0.05, 0) is 43.0 Å². The number of thioether (sulfide) groups is 1. The monoisotopic (exact) mass is 473 g/mol. The normalized spacial score (nSPS) is 11.5. The number of carbonyl (C=O) groups is 1. The summed E-state index contributed by atoms with van der Waals surface area (Å²) in [4.78, 5) is 23.4. The predicted octanol–water partition coefficient (Wildman–Crippen LogP) is 4.83. The van der Waals surface area contributed by atoms with Gasteiger partial charge in [0.25, 0.3) is 0 Å². The number of urea groups is 1. The first-order valence-electron chi connectivity index (χ1n) is 9.66. The molecular formula is C21H18F3N7OS. The molecule has 0 saturated heterocycles. The second kappa shape index (κ2) is 8.98. The van der Waals surface area contributed by atoms with Gasteiger partial charge in [0.05, 0.1) is 17.6 Å². The summed E-state index contributed by atoms with van der Waals surface area (Å²) in [5, 5.41) is 13.4. The number of fused-ring (bicyclic) bond motifs is 1. The molecular weight excluding hydrogens is 455 g/mol. The maximum absolute atomic E-state index is 12.3. The van der Waals surface area contributed by atoms with Crippen LogP contribution in [0, 0.1) is 12.3 Å². The van der Waals surface area contributed by atoms with Gasteiger partial charge in [0.2, 0.25) is 0 Å². The number of halogens is 3. The van der Waals surface area contributed by atoms with E-state index in [1.165, 1.54) is 11.8 Å². The number of carbonyl (C=O) groups excluding carboxylic acids is 1. The molecule has 0 fully saturated rings. The van der Waals surface area contributed by atoms with Crippen LogP contribution in [-0.4, -0.2) is 43.1 Å². The molecule has 0 atom stereocenters. The SMILES string of the molecule is Cc1c[nH]c(SC(=N)c2ccn3c(-c4cccc(NC(=O)NCC(F)(F)F)c4)cnc3c2)n1. The fourth-order valence-corrected chi connectivity index (χ4v) is 3.79. The number of amides is 2. The number of aryl methyl sites for hydroxylation is 1. The van der Waals surface area contributed by atoms with Gasteiger partial charge < -0.3 is 15.6 Å². The Balaban J connectivity index is 1.51. The van der Waals surface area contributed by atoms with E-state index in [1.807, 2.05) is 11.3 Å². The number of hydrogen-bond acceptors (Lipinski definition) is 5. The zero-order valence-electron chi connectivity index (χ0n) is 17.2. The lowest BCUT2D eigenvalue weighted by Gasteiger charge is -2.11. The molecule has 4 aromatic rings. The first-order valence-corrected chi connectivity index (χ1v) is 10.5. The lowest BCUT2D eigenvalue weighted by molar-refractivity contribution is -0.122. The number of alkyl halides is 3. The number of imidazole rings is 2. The predicted molar refractivity (Wildman–Crippen MR) is 120 cm³/mol. The molecule has 0 aliphatic carbocycles. The van der Waals surface area contributed by atoms with E-state index in [4.69, 9.17) is 5.41 Å². The molecule has 0 aliphatic heterocycles. The van der Waals surface area contributed by atoms with Crippen molar-refractivity contribution in [1.82, 2.24) is 24.7 Å². The minimum absolute atomic E-state index is 0.312. The summed E-state index contributed by atoms with van der Waals surface area (Å²) < 4.78 is 38.6. The van der Waals surface area contributed by atoms with Gasteiger partial charge in [0.1, 0.15) is 17.2 Å². The maximum atomic E-state index is 12.3. The van der Waals surface area contributed by atoms with Crippen molar-refractivity contribution in [3.63, 3.8) is 0 Å². The number of pyridine rings is 1. The van der Waals surface area contributed by atoms with Crippen molar-refractivity contribution in [1.29, 1.82) is 5.41 Å². The third-order valence-corrected chi connectivity index (χ3v) is 5.36. The number of nitrogens with one attached hydrogen (secondary N) is 4. The van der Waals surface area contributed by atoms with Crippen molar-refractivity contribution in [2.24, 2.45) is 0 Å². The van der Waals surface area contributed by atoms with Crippen LogP contribution < -0.4 is 10.6 Å². The molecule has 0 saturated carbocycles. The minimum Gasteiger partial charge on any atom is -0.339 e. The van der Waals surface area contributed by atoms with Gasteiger partial charge >= 0.3 is 12.2 Å². The standard InChI is InChI=1S/C21H18F3N7OS/c1-12-9-27-20(29-12)33-18(25)14-5-6-31-16(10-26-17(31)8-14)13-3-2-4-15(7-13)30-19(32)28-11-21(22,23)24/h2-10,25H,11H2,1H3,(H,27,29)(H2,28,30,32). The molecule has 0 bridgehead atoms. The highest BCUT2D eigenvalue weighted by molar-refractivity contribution is 8.14. The summed E-state index contributed by atoms with van der Waals surface area (Å²) in [7, 11) is 0. The number of nitrogens with zero attached hydrogens (tertiary/aromatic N) is 3. The van der Waals surface area contributed by atoms with Gasteiger partial charge in [-0.2, -0.15) is 13.2 Å². The Morgan fingerprint density at radius 3 is 2.82 bits per heavy atom. The number of H-pyrrole nitrogens is 1. The number of benzene rings is 1. The molecule has 0 radical (unpaired) electrons. The second-order valence-corrected chi connectivity index (χ2v) is 8.07. The van der Waals surface area contributed by atoms with Crippen LogP contribution in [-0.2, 0) is 0 Å². The van der Waals surface area contributed by atoms with E-state index in [0.29, 0.717) is 32.7 Å². The topological polar surface area (TPSA) is 111 Å². The van der Waals surface area contributed by atoms with Crippen LogP contribution in [0.15, 0.2) is 60.1 Å². The molecule has 0 aliphatic rings. The van der Waals surface area contributed by atoms with E-state index < -0.39 is 18.8 Å². The van der Waals surface area contributed by atoms with E-state index >= 15 is 0 Å².